The van der Waals surface area contributed by atoms with E-state index in [1.54, 1.807) is 12.4 Å². The first-order valence-corrected chi connectivity index (χ1v) is 34.0. The number of aromatic amines is 1. The predicted molar refractivity (Wildman–Crippen MR) is 404 cm³/mol. The summed E-state index contributed by atoms with van der Waals surface area (Å²) in [5.41, 5.74) is 17.8. The lowest BCUT2D eigenvalue weighted by molar-refractivity contribution is 0.264. The van der Waals surface area contributed by atoms with Gasteiger partial charge in [-0.25, -0.2) is 0 Å². The summed E-state index contributed by atoms with van der Waals surface area (Å²) >= 11 is 0. The van der Waals surface area contributed by atoms with Crippen LogP contribution < -0.4 is 0 Å². The summed E-state index contributed by atoms with van der Waals surface area (Å²) in [7, 11) is 5.84. The Morgan fingerprint density at radius 2 is 1.04 bits per heavy atom. The Balaban J connectivity index is 0.000000362. The zero-order valence-electron chi connectivity index (χ0n) is 65.5. The third-order valence-electron chi connectivity index (χ3n) is 16.3. The van der Waals surface area contributed by atoms with Crippen LogP contribution in [0.25, 0.3) is 0 Å². The number of aryl methyl sites for hydroxylation is 4. The van der Waals surface area contributed by atoms with Crippen LogP contribution in [-0.2, 0) is 64.5 Å². The predicted octanol–water partition coefficient (Wildman–Crippen LogP) is 20.2. The molecule has 9 heterocycles. The zero-order chi connectivity index (χ0) is 72.1. The first-order chi connectivity index (χ1) is 42.8. The lowest BCUT2D eigenvalue weighted by atomic mass is 9.68. The molecule has 520 valence electrons. The van der Waals surface area contributed by atoms with E-state index in [1.807, 2.05) is 84.5 Å². The van der Waals surface area contributed by atoms with Crippen molar-refractivity contribution in [1.82, 2.24) is 54.5 Å². The fourth-order valence-electron chi connectivity index (χ4n) is 9.66. The third kappa shape index (κ3) is 30.2. The van der Waals surface area contributed by atoms with Gasteiger partial charge in [-0.2, -0.15) is 20.4 Å². The fraction of sp³-hybridized carbons (Fsp3) is 0.593. The molecular weight excluding hydrogens is 1150 g/mol. The quantitative estimate of drug-likeness (QED) is 0.172. The summed E-state index contributed by atoms with van der Waals surface area (Å²) in [5.74, 6) is 0. The van der Waals surface area contributed by atoms with Crippen molar-refractivity contribution in [3.63, 3.8) is 0 Å². The molecule has 0 amide bonds. The smallest absolute Gasteiger partial charge is 0.0677 e. The second-order valence-electron chi connectivity index (χ2n) is 34.8. The molecule has 13 heteroatoms. The maximum atomic E-state index is 4.64. The number of hydrogen-bond acceptors (Lipinski definition) is 9. The van der Waals surface area contributed by atoms with Crippen LogP contribution in [0.5, 0.6) is 0 Å². The minimum absolute atomic E-state index is 0.182. The van der Waals surface area contributed by atoms with Crippen LogP contribution >= 0.6 is 0 Å². The topological polar surface area (TPSA) is 146 Å². The lowest BCUT2D eigenvalue weighted by Gasteiger charge is -2.38. The average Bonchev–Trinajstić information content (AvgIpc) is 1.18. The summed E-state index contributed by atoms with van der Waals surface area (Å²) in [6.07, 6.45) is 29.6. The highest BCUT2D eigenvalue weighted by Gasteiger charge is 2.35. The highest BCUT2D eigenvalue weighted by molar-refractivity contribution is 6.00. The number of nitrogens with one attached hydrogen (secondary N) is 1. The molecule has 1 fully saturated rings. The fourth-order valence-corrected chi connectivity index (χ4v) is 9.66. The van der Waals surface area contributed by atoms with Crippen LogP contribution in [0.1, 0.15) is 271 Å². The van der Waals surface area contributed by atoms with Crippen LogP contribution in [0.15, 0.2) is 144 Å². The number of allylic oxidation sites excluding steroid dienone is 2. The van der Waals surface area contributed by atoms with Crippen molar-refractivity contribution in [2.45, 2.75) is 270 Å². The number of pyridine rings is 3. The Morgan fingerprint density at radius 3 is 1.29 bits per heavy atom. The van der Waals surface area contributed by atoms with Gasteiger partial charge in [0.15, 0.2) is 0 Å². The number of H-pyrrole nitrogens is 1. The van der Waals surface area contributed by atoms with Gasteiger partial charge >= 0.3 is 0 Å². The van der Waals surface area contributed by atoms with Gasteiger partial charge in [-0.05, 0) is 140 Å². The third-order valence-corrected chi connectivity index (χ3v) is 16.3. The van der Waals surface area contributed by atoms with Crippen LogP contribution in [0.3, 0.4) is 0 Å². The molecule has 0 spiro atoms. The van der Waals surface area contributed by atoms with E-state index >= 15 is 0 Å². The summed E-state index contributed by atoms with van der Waals surface area (Å²) in [4.78, 5) is 21.1. The second-order valence-corrected chi connectivity index (χ2v) is 34.8. The normalized spacial score (nSPS) is 14.5. The molecular formula is C81H131N13. The number of aliphatic imine (C=N–C) groups is 2. The van der Waals surface area contributed by atoms with Crippen molar-refractivity contribution in [3.05, 3.63) is 184 Å². The molecule has 13 nitrogen and oxygen atoms in total. The Hall–Kier alpha value is -6.89. The van der Waals surface area contributed by atoms with Crippen molar-refractivity contribution < 1.29 is 0 Å². The molecule has 1 N–H and O–H groups in total. The van der Waals surface area contributed by atoms with E-state index < -0.39 is 0 Å². The number of aromatic nitrogens is 11. The maximum Gasteiger partial charge on any atom is 0.0677 e. The zero-order valence-corrected chi connectivity index (χ0v) is 65.5. The first kappa shape index (κ1) is 83.2. The standard InChI is InChI=1S/C14H21N.C9H16N2.C9H15N.2C9H13N.2C8H14N2.C8H13N.C7H12N2/c1-13(2,3)11-6-7-12(15-10-11)14(4)8-5-9-14;1-7-8(9(2,3)4)6-11(5)10-7;1-7-8(5-6-10-7)9(2,3)4;1-9(2,3)8-4-6-10-7-5-8;1-9(2,3)8-5-4-6-10-7-8;1-8(2,3)7-5-9-10(4)6-7;1-8(2,3)7-5-6-10(4)9-7;1-8(2,3)7-4-5-9-6-7;1-7(2,3)6-4-5-8-9-6/h6-7,10H,5,8-9H2,1-4H3;6H,1-5H3;5H,6H2,1-4H3;2*4-7H,1-3H3;2*5-6H,1-4H3;4,6H,5H2,1-3H3;4-5H,1-3H3,(H,8,9). The van der Waals surface area contributed by atoms with Gasteiger partial charge in [-0.1, -0.05) is 225 Å². The molecule has 0 aromatic carbocycles. The van der Waals surface area contributed by atoms with Gasteiger partial charge in [-0.15, -0.1) is 0 Å². The summed E-state index contributed by atoms with van der Waals surface area (Å²) in [6.45, 7) is 67.5. The van der Waals surface area contributed by atoms with Crippen LogP contribution in [-0.4, -0.2) is 79.5 Å². The largest absolute Gasteiger partial charge is 0.289 e. The molecule has 2 aliphatic heterocycles. The molecule has 0 unspecified atom stereocenters. The summed E-state index contributed by atoms with van der Waals surface area (Å²) in [6, 6.07) is 16.7. The molecule has 94 heavy (non-hydrogen) atoms. The first-order valence-electron chi connectivity index (χ1n) is 34.0. The van der Waals surface area contributed by atoms with E-state index in [1.165, 1.54) is 75.3 Å². The average molecular weight is 1290 g/mol. The monoisotopic (exact) mass is 1290 g/mol. The number of rotatable bonds is 1. The maximum absolute atomic E-state index is 4.64. The molecule has 3 aliphatic rings. The van der Waals surface area contributed by atoms with Gasteiger partial charge in [0.1, 0.15) is 0 Å². The van der Waals surface area contributed by atoms with Gasteiger partial charge in [0.25, 0.3) is 0 Å². The van der Waals surface area contributed by atoms with Crippen LogP contribution in [0.4, 0.5) is 0 Å². The van der Waals surface area contributed by atoms with E-state index in [0.29, 0.717) is 10.8 Å². The Bertz CT molecular complexity index is 3290. The molecule has 0 saturated heterocycles. The number of hydrogen-bond donors (Lipinski definition) is 1. The highest BCUT2D eigenvalue weighted by atomic mass is 15.3. The molecule has 7 aromatic heterocycles. The van der Waals surface area contributed by atoms with Crippen molar-refractivity contribution in [2.75, 3.05) is 13.1 Å². The Labute approximate surface area is 573 Å². The minimum atomic E-state index is 0.182. The van der Waals surface area contributed by atoms with E-state index in [0.717, 1.165) is 24.5 Å². The van der Waals surface area contributed by atoms with Gasteiger partial charge in [0.2, 0.25) is 0 Å². The van der Waals surface area contributed by atoms with Gasteiger partial charge in [0.05, 0.1) is 30.7 Å². The van der Waals surface area contributed by atoms with E-state index in [4.69, 9.17) is 0 Å². The van der Waals surface area contributed by atoms with Crippen molar-refractivity contribution in [2.24, 2.45) is 42.0 Å². The minimum Gasteiger partial charge on any atom is -0.289 e. The van der Waals surface area contributed by atoms with Crippen LogP contribution in [0.2, 0.25) is 0 Å². The van der Waals surface area contributed by atoms with Gasteiger partial charge in [0, 0.05) is 116 Å². The second kappa shape index (κ2) is 34.7. The van der Waals surface area contributed by atoms with Crippen molar-refractivity contribution in [3.8, 4) is 0 Å². The molecule has 0 radical (unpaired) electrons. The molecule has 0 bridgehead atoms. The Morgan fingerprint density at radius 1 is 0.468 bits per heavy atom. The molecule has 7 aromatic rings. The van der Waals surface area contributed by atoms with Crippen LogP contribution in [0, 0.1) is 17.8 Å². The lowest BCUT2D eigenvalue weighted by Crippen LogP contribution is -2.31. The molecule has 1 aliphatic carbocycles. The van der Waals surface area contributed by atoms with Crippen molar-refractivity contribution in [1.29, 1.82) is 0 Å². The summed E-state index contributed by atoms with van der Waals surface area (Å²) in [5, 5.41) is 19.5. The number of nitrogens with zero attached hydrogens (tertiary/aromatic N) is 12. The SMILES string of the molecule is CC(C)(C)C1=CCN=C1.CC(C)(C)c1ccc(C2(C)CCC2)nc1.CC(C)(C)c1cccnc1.CC(C)(C)c1ccn[nH]1.CC(C)(C)c1ccncc1.CC1=NCC=C1C(C)(C)C.Cc1nn(C)cc1C(C)(C)C.Cn1cc(C(C)(C)C)cn1.Cn1ccc(C(C)(C)C)n1. The van der Waals surface area contributed by atoms with E-state index in [-0.39, 0.29) is 43.3 Å². The van der Waals surface area contributed by atoms with E-state index in [9.17, 15) is 0 Å². The van der Waals surface area contributed by atoms with Gasteiger partial charge in [-0.3, -0.25) is 44.1 Å². The summed E-state index contributed by atoms with van der Waals surface area (Å²) < 4.78 is 5.54. The molecule has 0 atom stereocenters. The Kier molecular flexibility index (Phi) is 30.7. The van der Waals surface area contributed by atoms with E-state index in [2.05, 4.69) is 325 Å². The van der Waals surface area contributed by atoms with Gasteiger partial charge < -0.3 is 0 Å². The van der Waals surface area contributed by atoms with Crippen molar-refractivity contribution >= 4 is 11.9 Å². The molecule has 1 saturated carbocycles. The highest BCUT2D eigenvalue weighted by Crippen LogP contribution is 2.42. The molecule has 10 rings (SSSR count).